The number of nitrogens with zero attached hydrogens (tertiary/aromatic N) is 3. The zero-order valence-electron chi connectivity index (χ0n) is 20.2. The van der Waals surface area contributed by atoms with Crippen LogP contribution < -0.4 is 20.7 Å². The monoisotopic (exact) mass is 483 g/mol. The molecular weight excluding hydrogens is 454 g/mol. The summed E-state index contributed by atoms with van der Waals surface area (Å²) < 4.78 is 7.87. The maximum absolute atomic E-state index is 13.0. The van der Waals surface area contributed by atoms with Crippen molar-refractivity contribution in [2.24, 2.45) is 11.7 Å². The van der Waals surface area contributed by atoms with Crippen LogP contribution in [0, 0.1) is 12.8 Å². The molecule has 5 rings (SSSR count). The molecule has 0 aliphatic carbocycles. The number of hydrogen-bond donors (Lipinski definition) is 2. The minimum atomic E-state index is -0.239. The molecule has 1 fully saturated rings. The Morgan fingerprint density at radius 3 is 2.53 bits per heavy atom. The number of aryl methyl sites for hydroxylation is 1. The molecule has 0 bridgehead atoms. The number of nitrogens with two attached hydrogens (primary N) is 1. The Morgan fingerprint density at radius 2 is 1.78 bits per heavy atom. The van der Waals surface area contributed by atoms with Gasteiger partial charge in [0.1, 0.15) is 18.0 Å². The highest BCUT2D eigenvalue weighted by atomic mass is 16.5. The third-order valence-corrected chi connectivity index (χ3v) is 6.54. The molecule has 2 aromatic heterocycles. The van der Waals surface area contributed by atoms with Gasteiger partial charge in [0.2, 0.25) is 5.91 Å². The van der Waals surface area contributed by atoms with Gasteiger partial charge in [-0.25, -0.2) is 4.98 Å². The lowest BCUT2D eigenvalue weighted by Gasteiger charge is -2.33. The summed E-state index contributed by atoms with van der Waals surface area (Å²) in [4.78, 5) is 31.2. The summed E-state index contributed by atoms with van der Waals surface area (Å²) >= 11 is 0. The number of anilines is 2. The molecule has 3 N–H and O–H groups in total. The second-order valence-corrected chi connectivity index (χ2v) is 9.15. The molecule has 3 heterocycles. The molecule has 2 aromatic carbocycles. The molecule has 2 amide bonds. The largest absolute Gasteiger partial charge is 0.487 e. The van der Waals surface area contributed by atoms with E-state index >= 15 is 0 Å². The number of para-hydroxylation sites is 2. The van der Waals surface area contributed by atoms with Gasteiger partial charge < -0.3 is 25.1 Å². The van der Waals surface area contributed by atoms with Gasteiger partial charge >= 0.3 is 0 Å². The smallest absolute Gasteiger partial charge is 0.255 e. The molecule has 184 valence electrons. The topological polar surface area (TPSA) is 102 Å². The van der Waals surface area contributed by atoms with Crippen LogP contribution >= 0.6 is 0 Å². The second-order valence-electron chi connectivity index (χ2n) is 9.15. The summed E-state index contributed by atoms with van der Waals surface area (Å²) in [5, 5.41) is 3.03. The number of fused-ring (bicyclic) bond motifs is 1. The summed E-state index contributed by atoms with van der Waals surface area (Å²) in [5.74, 6) is 0.145. The average Bonchev–Trinajstić information content (AvgIpc) is 3.30. The van der Waals surface area contributed by atoms with Crippen molar-refractivity contribution in [2.45, 2.75) is 26.4 Å². The molecule has 8 nitrogen and oxygen atoms in total. The van der Waals surface area contributed by atoms with Crippen LogP contribution in [-0.4, -0.2) is 34.3 Å². The van der Waals surface area contributed by atoms with Gasteiger partial charge in [0.05, 0.1) is 17.1 Å². The van der Waals surface area contributed by atoms with Gasteiger partial charge in [-0.1, -0.05) is 18.2 Å². The number of pyridine rings is 1. The number of benzene rings is 2. The van der Waals surface area contributed by atoms with Crippen molar-refractivity contribution in [3.63, 3.8) is 0 Å². The molecule has 0 saturated carbocycles. The van der Waals surface area contributed by atoms with Crippen LogP contribution in [0.5, 0.6) is 5.75 Å². The number of piperidine rings is 1. The molecule has 36 heavy (non-hydrogen) atoms. The summed E-state index contributed by atoms with van der Waals surface area (Å²) in [6, 6.07) is 18.8. The van der Waals surface area contributed by atoms with Crippen molar-refractivity contribution >= 4 is 28.8 Å². The fourth-order valence-corrected chi connectivity index (χ4v) is 4.54. The van der Waals surface area contributed by atoms with Gasteiger partial charge in [-0.2, -0.15) is 0 Å². The molecule has 1 aliphatic heterocycles. The zero-order valence-corrected chi connectivity index (χ0v) is 20.2. The van der Waals surface area contributed by atoms with Crippen LogP contribution in [0.25, 0.3) is 5.65 Å². The molecule has 0 unspecified atom stereocenters. The summed E-state index contributed by atoms with van der Waals surface area (Å²) in [7, 11) is 0. The van der Waals surface area contributed by atoms with E-state index in [1.165, 1.54) is 0 Å². The minimum absolute atomic E-state index is 0.0827. The van der Waals surface area contributed by atoms with E-state index in [9.17, 15) is 9.59 Å². The van der Waals surface area contributed by atoms with Crippen molar-refractivity contribution < 1.29 is 14.3 Å². The molecule has 1 saturated heterocycles. The van der Waals surface area contributed by atoms with Crippen LogP contribution in [0.4, 0.5) is 11.4 Å². The number of hydrogen-bond acceptors (Lipinski definition) is 5. The first kappa shape index (κ1) is 23.4. The van der Waals surface area contributed by atoms with Crippen molar-refractivity contribution in [2.75, 3.05) is 23.3 Å². The summed E-state index contributed by atoms with van der Waals surface area (Å²) in [5.41, 5.74) is 10.6. The van der Waals surface area contributed by atoms with E-state index in [4.69, 9.17) is 10.5 Å². The predicted octanol–water partition coefficient (Wildman–Crippen LogP) is 4.18. The number of rotatable bonds is 7. The number of amides is 2. The quantitative estimate of drug-likeness (QED) is 0.411. The fourth-order valence-electron chi connectivity index (χ4n) is 4.54. The van der Waals surface area contributed by atoms with E-state index in [1.807, 2.05) is 60.1 Å². The lowest BCUT2D eigenvalue weighted by Crippen LogP contribution is -2.38. The van der Waals surface area contributed by atoms with Crippen LogP contribution in [0.1, 0.15) is 34.5 Å². The Bertz CT molecular complexity index is 1390. The number of aromatic nitrogens is 2. The number of nitrogens with one attached hydrogen (secondary N) is 1. The molecular formula is C28H29N5O3. The van der Waals surface area contributed by atoms with E-state index in [2.05, 4.69) is 15.2 Å². The Morgan fingerprint density at radius 1 is 1.03 bits per heavy atom. The Kier molecular flexibility index (Phi) is 6.58. The molecule has 0 atom stereocenters. The molecule has 8 heteroatoms. The van der Waals surface area contributed by atoms with E-state index < -0.39 is 0 Å². The van der Waals surface area contributed by atoms with E-state index in [0.717, 1.165) is 41.4 Å². The zero-order chi connectivity index (χ0) is 25.1. The Hall–Kier alpha value is -4.33. The third kappa shape index (κ3) is 5.17. The number of carbonyl (C=O) groups is 2. The number of carbonyl (C=O) groups excluding carboxylic acids is 2. The van der Waals surface area contributed by atoms with Gasteiger partial charge in [-0.3, -0.25) is 9.59 Å². The van der Waals surface area contributed by atoms with Crippen LogP contribution in [0.15, 0.2) is 73.1 Å². The molecule has 1 aliphatic rings. The summed E-state index contributed by atoms with van der Waals surface area (Å²) in [6.07, 6.45) is 5.42. The number of imidazole rings is 1. The first-order valence-corrected chi connectivity index (χ1v) is 12.1. The maximum atomic E-state index is 13.0. The van der Waals surface area contributed by atoms with Crippen molar-refractivity contribution in [3.05, 3.63) is 89.9 Å². The van der Waals surface area contributed by atoms with Crippen molar-refractivity contribution in [3.8, 4) is 5.75 Å². The van der Waals surface area contributed by atoms with Crippen LogP contribution in [0.3, 0.4) is 0 Å². The first-order chi connectivity index (χ1) is 17.5. The first-order valence-electron chi connectivity index (χ1n) is 12.1. The molecule has 4 aromatic rings. The van der Waals surface area contributed by atoms with Gasteiger partial charge in [0, 0.05) is 37.0 Å². The highest BCUT2D eigenvalue weighted by Gasteiger charge is 2.24. The van der Waals surface area contributed by atoms with E-state index in [1.54, 1.807) is 24.3 Å². The summed E-state index contributed by atoms with van der Waals surface area (Å²) in [6.45, 7) is 3.82. The second kappa shape index (κ2) is 10.1. The van der Waals surface area contributed by atoms with Gasteiger partial charge in [0.25, 0.3) is 5.91 Å². The highest BCUT2D eigenvalue weighted by molar-refractivity contribution is 6.06. The SMILES string of the molecule is Cc1ccc2nc(COc3ccc(C(=O)Nc4ccccc4N4CCC(C(N)=O)CC4)cc3)cn2c1. The van der Waals surface area contributed by atoms with E-state index in [-0.39, 0.29) is 17.7 Å². The average molecular weight is 484 g/mol. The number of ether oxygens (including phenoxy) is 1. The lowest BCUT2D eigenvalue weighted by atomic mass is 9.96. The minimum Gasteiger partial charge on any atom is -0.487 e. The van der Waals surface area contributed by atoms with Gasteiger partial charge in [-0.05, 0) is 67.8 Å². The lowest BCUT2D eigenvalue weighted by molar-refractivity contribution is -0.122. The molecule has 0 spiro atoms. The Balaban J connectivity index is 1.21. The third-order valence-electron chi connectivity index (χ3n) is 6.54. The predicted molar refractivity (Wildman–Crippen MR) is 139 cm³/mol. The number of primary amides is 1. The highest BCUT2D eigenvalue weighted by Crippen LogP contribution is 2.30. The van der Waals surface area contributed by atoms with Gasteiger partial charge in [0.15, 0.2) is 0 Å². The van der Waals surface area contributed by atoms with E-state index in [0.29, 0.717) is 30.8 Å². The van der Waals surface area contributed by atoms with Crippen molar-refractivity contribution in [1.29, 1.82) is 0 Å². The Labute approximate surface area is 209 Å². The maximum Gasteiger partial charge on any atom is 0.255 e. The van der Waals surface area contributed by atoms with Crippen LogP contribution in [0.2, 0.25) is 0 Å². The van der Waals surface area contributed by atoms with Crippen molar-refractivity contribution in [1.82, 2.24) is 9.38 Å². The molecule has 0 radical (unpaired) electrons. The normalized spacial score (nSPS) is 14.1. The standard InChI is InChI=1S/C28H29N5O3/c1-19-6-11-26-30-22(17-33(26)16-19)18-36-23-9-7-21(8-10-23)28(35)31-24-4-2-3-5-25(24)32-14-12-20(13-15-32)27(29)34/h2-11,16-17,20H,12-15,18H2,1H3,(H2,29,34)(H,31,35). The van der Waals surface area contributed by atoms with Gasteiger partial charge in [-0.15, -0.1) is 0 Å². The fraction of sp³-hybridized carbons (Fsp3) is 0.250. The van der Waals surface area contributed by atoms with Crippen LogP contribution in [-0.2, 0) is 11.4 Å².